The second kappa shape index (κ2) is 6.77. The third-order valence-electron chi connectivity index (χ3n) is 2.56. The molecule has 2 rings (SSSR count). The van der Waals surface area contributed by atoms with Crippen molar-refractivity contribution in [1.82, 2.24) is 9.97 Å². The number of aromatic nitrogens is 2. The Balaban J connectivity index is 2.37. The van der Waals surface area contributed by atoms with Gasteiger partial charge in [-0.25, -0.2) is 18.7 Å². The van der Waals surface area contributed by atoms with E-state index in [9.17, 15) is 8.78 Å². The number of nitrogens with zero attached hydrogens (tertiary/aromatic N) is 2. The van der Waals surface area contributed by atoms with Gasteiger partial charge in [0, 0.05) is 24.7 Å². The Labute approximate surface area is 128 Å². The van der Waals surface area contributed by atoms with Crippen LogP contribution in [-0.2, 0) is 11.3 Å². The topological polar surface area (TPSA) is 59.1 Å². The largest absolute Gasteiger partial charge is 0.377 e. The fourth-order valence-electron chi connectivity index (χ4n) is 1.67. The number of rotatable bonds is 5. The lowest BCUT2D eigenvalue weighted by atomic mass is 10.3. The molecular formula is C13H13BrF2N4O. The van der Waals surface area contributed by atoms with Gasteiger partial charge >= 0.3 is 0 Å². The minimum Gasteiger partial charge on any atom is -0.377 e. The molecule has 21 heavy (non-hydrogen) atoms. The summed E-state index contributed by atoms with van der Waals surface area (Å²) in [5, 5.41) is 5.47. The molecule has 0 unspecified atom stereocenters. The van der Waals surface area contributed by atoms with Crippen LogP contribution in [0.1, 0.15) is 5.82 Å². The minimum atomic E-state index is -0.722. The Kier molecular flexibility index (Phi) is 5.03. The van der Waals surface area contributed by atoms with Crippen molar-refractivity contribution >= 4 is 33.3 Å². The molecule has 0 aliphatic carbocycles. The van der Waals surface area contributed by atoms with Crippen LogP contribution in [0.5, 0.6) is 0 Å². The van der Waals surface area contributed by atoms with Gasteiger partial charge in [-0.2, -0.15) is 0 Å². The molecule has 0 radical (unpaired) electrons. The Bertz CT molecular complexity index is 631. The summed E-state index contributed by atoms with van der Waals surface area (Å²) in [4.78, 5) is 8.30. The third kappa shape index (κ3) is 3.85. The zero-order valence-electron chi connectivity index (χ0n) is 11.4. The van der Waals surface area contributed by atoms with Crippen LogP contribution in [0, 0.1) is 11.6 Å². The van der Waals surface area contributed by atoms with Crippen molar-refractivity contribution in [3.05, 3.63) is 40.1 Å². The molecule has 0 fully saturated rings. The minimum absolute atomic E-state index is 0.190. The molecule has 0 saturated heterocycles. The summed E-state index contributed by atoms with van der Waals surface area (Å²) in [6.45, 7) is 0.190. The van der Waals surface area contributed by atoms with E-state index in [-0.39, 0.29) is 18.1 Å². The van der Waals surface area contributed by atoms with Crippen LogP contribution < -0.4 is 10.6 Å². The van der Waals surface area contributed by atoms with E-state index in [1.165, 1.54) is 19.2 Å². The molecule has 1 aromatic heterocycles. The highest BCUT2D eigenvalue weighted by molar-refractivity contribution is 9.10. The average molecular weight is 359 g/mol. The summed E-state index contributed by atoms with van der Waals surface area (Å²) < 4.78 is 32.9. The lowest BCUT2D eigenvalue weighted by molar-refractivity contribution is 0.178. The summed E-state index contributed by atoms with van der Waals surface area (Å²) in [6.07, 6.45) is 0. The number of benzene rings is 1. The van der Waals surface area contributed by atoms with Crippen molar-refractivity contribution in [2.45, 2.75) is 6.61 Å². The van der Waals surface area contributed by atoms with Crippen LogP contribution in [0.15, 0.2) is 22.7 Å². The number of hydrogen-bond acceptors (Lipinski definition) is 5. The third-order valence-corrected chi connectivity index (χ3v) is 3.02. The van der Waals surface area contributed by atoms with Gasteiger partial charge in [-0.3, -0.25) is 0 Å². The summed E-state index contributed by atoms with van der Waals surface area (Å²) in [6, 6.07) is 3.88. The summed E-state index contributed by atoms with van der Waals surface area (Å²) in [5.74, 6) is -0.275. The molecule has 112 valence electrons. The van der Waals surface area contributed by atoms with E-state index in [0.29, 0.717) is 16.1 Å². The van der Waals surface area contributed by atoms with Crippen LogP contribution in [0.4, 0.5) is 26.1 Å². The highest BCUT2D eigenvalue weighted by Gasteiger charge is 2.12. The van der Waals surface area contributed by atoms with Gasteiger partial charge in [-0.05, 0) is 12.1 Å². The van der Waals surface area contributed by atoms with Crippen molar-refractivity contribution in [3.8, 4) is 0 Å². The van der Waals surface area contributed by atoms with E-state index >= 15 is 0 Å². The molecular weight excluding hydrogens is 346 g/mol. The van der Waals surface area contributed by atoms with Gasteiger partial charge in [0.2, 0.25) is 0 Å². The van der Waals surface area contributed by atoms with E-state index in [1.807, 2.05) is 0 Å². The second-order valence-corrected chi connectivity index (χ2v) is 5.02. The molecule has 1 aromatic carbocycles. The molecule has 0 atom stereocenters. The molecule has 2 aromatic rings. The van der Waals surface area contributed by atoms with Gasteiger partial charge in [0.15, 0.2) is 17.5 Å². The van der Waals surface area contributed by atoms with E-state index in [1.54, 1.807) is 13.1 Å². The van der Waals surface area contributed by atoms with E-state index < -0.39 is 11.6 Å². The van der Waals surface area contributed by atoms with Gasteiger partial charge in [-0.15, -0.1) is 0 Å². The number of halogens is 3. The van der Waals surface area contributed by atoms with E-state index in [2.05, 4.69) is 36.5 Å². The Morgan fingerprint density at radius 3 is 2.33 bits per heavy atom. The number of nitrogens with one attached hydrogen (secondary N) is 2. The SMILES string of the molecule is CNc1cc(Nc2c(F)cc(Br)cc2F)nc(COC)n1. The normalized spacial score (nSPS) is 10.5. The van der Waals surface area contributed by atoms with Gasteiger partial charge < -0.3 is 15.4 Å². The molecule has 0 spiro atoms. The van der Waals surface area contributed by atoms with E-state index in [4.69, 9.17) is 4.74 Å². The quantitative estimate of drug-likeness (QED) is 0.857. The zero-order valence-corrected chi connectivity index (χ0v) is 13.0. The van der Waals surface area contributed by atoms with Gasteiger partial charge in [0.25, 0.3) is 0 Å². The lowest BCUT2D eigenvalue weighted by Gasteiger charge is -2.11. The molecule has 0 aliphatic rings. The first kappa shape index (κ1) is 15.6. The first-order chi connectivity index (χ1) is 10.0. The smallest absolute Gasteiger partial charge is 0.158 e. The molecule has 5 nitrogen and oxygen atoms in total. The Morgan fingerprint density at radius 1 is 1.14 bits per heavy atom. The highest BCUT2D eigenvalue weighted by Crippen LogP contribution is 2.26. The van der Waals surface area contributed by atoms with Gasteiger partial charge in [0.05, 0.1) is 0 Å². The highest BCUT2D eigenvalue weighted by atomic mass is 79.9. The monoisotopic (exact) mass is 358 g/mol. The van der Waals surface area contributed by atoms with Crippen molar-refractivity contribution in [2.75, 3.05) is 24.8 Å². The van der Waals surface area contributed by atoms with E-state index in [0.717, 1.165) is 0 Å². The van der Waals surface area contributed by atoms with Gasteiger partial charge in [-0.1, -0.05) is 15.9 Å². The number of anilines is 3. The number of ether oxygens (including phenoxy) is 1. The number of methoxy groups -OCH3 is 1. The molecule has 1 heterocycles. The standard InChI is InChI=1S/C13H13BrF2N4O/c1-17-10-5-11(19-12(18-10)6-21-2)20-13-8(15)3-7(14)4-9(13)16/h3-5H,6H2,1-2H3,(H2,17,18,19,20). The maximum absolute atomic E-state index is 13.8. The van der Waals surface area contributed by atoms with Crippen molar-refractivity contribution < 1.29 is 13.5 Å². The molecule has 0 amide bonds. The maximum Gasteiger partial charge on any atom is 0.158 e. The first-order valence-electron chi connectivity index (χ1n) is 5.99. The van der Waals surface area contributed by atoms with Crippen molar-refractivity contribution in [2.24, 2.45) is 0 Å². The van der Waals surface area contributed by atoms with Crippen LogP contribution in [0.25, 0.3) is 0 Å². The zero-order chi connectivity index (χ0) is 15.4. The molecule has 0 saturated carbocycles. The molecule has 0 bridgehead atoms. The van der Waals surface area contributed by atoms with Crippen LogP contribution >= 0.6 is 15.9 Å². The number of hydrogen-bond donors (Lipinski definition) is 2. The van der Waals surface area contributed by atoms with Crippen molar-refractivity contribution in [3.63, 3.8) is 0 Å². The van der Waals surface area contributed by atoms with Crippen molar-refractivity contribution in [1.29, 1.82) is 0 Å². The Hall–Kier alpha value is -1.80. The average Bonchev–Trinajstić information content (AvgIpc) is 2.43. The first-order valence-corrected chi connectivity index (χ1v) is 6.79. The fraction of sp³-hybridized carbons (Fsp3) is 0.231. The van der Waals surface area contributed by atoms with Crippen LogP contribution in [0.2, 0.25) is 0 Å². The summed E-state index contributed by atoms with van der Waals surface area (Å²) in [5.41, 5.74) is -0.276. The summed E-state index contributed by atoms with van der Waals surface area (Å²) in [7, 11) is 3.19. The van der Waals surface area contributed by atoms with Crippen LogP contribution in [0.3, 0.4) is 0 Å². The second-order valence-electron chi connectivity index (χ2n) is 4.11. The summed E-state index contributed by atoms with van der Waals surface area (Å²) >= 11 is 3.03. The predicted octanol–water partition coefficient (Wildman–Crippen LogP) is 3.45. The lowest BCUT2D eigenvalue weighted by Crippen LogP contribution is -2.06. The fourth-order valence-corrected chi connectivity index (χ4v) is 2.07. The molecule has 2 N–H and O–H groups in total. The van der Waals surface area contributed by atoms with Gasteiger partial charge in [0.1, 0.15) is 23.9 Å². The maximum atomic E-state index is 13.8. The predicted molar refractivity (Wildman–Crippen MR) is 79.6 cm³/mol. The van der Waals surface area contributed by atoms with Crippen LogP contribution in [-0.4, -0.2) is 24.1 Å². The Morgan fingerprint density at radius 2 is 1.76 bits per heavy atom. The molecule has 8 heteroatoms. The molecule has 0 aliphatic heterocycles.